The van der Waals surface area contributed by atoms with Crippen LogP contribution in [0.4, 0.5) is 0 Å². The van der Waals surface area contributed by atoms with Crippen molar-refractivity contribution in [2.24, 2.45) is 7.05 Å². The normalized spacial score (nSPS) is 19.7. The van der Waals surface area contributed by atoms with Gasteiger partial charge in [-0.1, -0.05) is 79.0 Å². The third-order valence-corrected chi connectivity index (χ3v) is 10.4. The number of β-lactam (4-membered cyclic amide) rings is 1. The number of nitrogens with zero attached hydrogens (tertiary/aromatic N) is 5. The Morgan fingerprint density at radius 2 is 1.88 bits per heavy atom. The maximum Gasteiger partial charge on any atom is 0.352 e. The molecule has 4 unspecified atom stereocenters. The topological polar surface area (TPSA) is 140 Å². The minimum Gasteiger partial charge on any atom is -0.480 e. The number of benzene rings is 2. The van der Waals surface area contributed by atoms with Crippen LogP contribution in [0.15, 0.2) is 77.1 Å². The third-order valence-electron chi connectivity index (χ3n) is 6.48. The van der Waals surface area contributed by atoms with Crippen molar-refractivity contribution >= 4 is 53.1 Å². The highest BCUT2D eigenvalue weighted by molar-refractivity contribution is 8.01. The van der Waals surface area contributed by atoms with Crippen LogP contribution < -0.4 is 10.1 Å². The molecule has 2 aliphatic rings. The van der Waals surface area contributed by atoms with Crippen LogP contribution >= 0.6 is 35.3 Å². The fourth-order valence-electron chi connectivity index (χ4n) is 4.45. The van der Waals surface area contributed by atoms with Gasteiger partial charge >= 0.3 is 5.97 Å². The van der Waals surface area contributed by atoms with E-state index in [0.717, 1.165) is 5.56 Å². The van der Waals surface area contributed by atoms with Gasteiger partial charge in [0, 0.05) is 18.6 Å². The van der Waals surface area contributed by atoms with Gasteiger partial charge in [0.25, 0.3) is 5.91 Å². The largest absolute Gasteiger partial charge is 0.480 e. The van der Waals surface area contributed by atoms with Crippen molar-refractivity contribution in [3.63, 3.8) is 0 Å². The molecule has 2 N–H and O–H groups in total. The van der Waals surface area contributed by atoms with Gasteiger partial charge in [-0.05, 0) is 40.1 Å². The second-order valence-corrected chi connectivity index (χ2v) is 12.5. The SMILES string of the molecule is CCC(Oc1ccccc1)SC(C(=O)NC1C(=O)N2C(C(=O)O)=C(CSc3nnnn3C)CSC12)c1ccccc1. The number of aromatic nitrogens is 4. The molecule has 5 rings (SSSR count). The average molecular weight is 613 g/mol. The summed E-state index contributed by atoms with van der Waals surface area (Å²) in [5, 5.41) is 23.6. The number of hydrogen-bond donors (Lipinski definition) is 2. The first-order valence-corrected chi connectivity index (χ1v) is 15.8. The van der Waals surface area contributed by atoms with Crippen LogP contribution in [0, 0.1) is 0 Å². The monoisotopic (exact) mass is 612 g/mol. The fraction of sp³-hybridized carbons (Fsp3) is 0.333. The number of hydrogen-bond acceptors (Lipinski definition) is 10. The first-order chi connectivity index (χ1) is 19.9. The summed E-state index contributed by atoms with van der Waals surface area (Å²) in [7, 11) is 1.70. The number of tetrazole rings is 1. The molecular formula is C27H28N6O5S3. The number of carbonyl (C=O) groups excluding carboxylic acids is 2. The van der Waals surface area contributed by atoms with Gasteiger partial charge in [-0.2, -0.15) is 0 Å². The standard InChI is InChI=1S/C27H28N6O5S3/c1-3-19(38-18-12-8-5-9-13-18)41-22(16-10-6-4-7-11-16)23(34)28-20-24(35)33-21(26(36)37)17(14-39-25(20)33)15-40-27-29-30-31-32(27)2/h4-13,19-20,22,25H,3,14-15H2,1-2H3,(H,28,34)(H,36,37). The fourth-order valence-corrected chi connectivity index (χ4v) is 7.95. The van der Waals surface area contributed by atoms with E-state index >= 15 is 0 Å². The second kappa shape index (κ2) is 13.0. The molecule has 4 atom stereocenters. The van der Waals surface area contributed by atoms with Crippen LogP contribution in [0.25, 0.3) is 0 Å². The molecule has 2 aromatic carbocycles. The van der Waals surface area contributed by atoms with Crippen LogP contribution in [0.1, 0.15) is 24.2 Å². The molecule has 0 spiro atoms. The zero-order valence-corrected chi connectivity index (χ0v) is 24.7. The van der Waals surface area contributed by atoms with E-state index in [1.54, 1.807) is 7.05 Å². The Balaban J connectivity index is 1.30. The number of para-hydroxylation sites is 1. The number of rotatable bonds is 12. The molecule has 14 heteroatoms. The van der Waals surface area contributed by atoms with Gasteiger partial charge < -0.3 is 15.2 Å². The van der Waals surface area contributed by atoms with Crippen LogP contribution in [-0.2, 0) is 21.4 Å². The van der Waals surface area contributed by atoms with Gasteiger partial charge in [0.15, 0.2) is 0 Å². The lowest BCUT2D eigenvalue weighted by Crippen LogP contribution is -2.70. The number of carboxylic acid groups (broad SMARTS) is 1. The summed E-state index contributed by atoms with van der Waals surface area (Å²) in [6, 6.07) is 17.9. The summed E-state index contributed by atoms with van der Waals surface area (Å²) in [6.45, 7) is 1.99. The molecule has 1 fully saturated rings. The molecule has 0 bridgehead atoms. The lowest BCUT2D eigenvalue weighted by Gasteiger charge is -2.49. The maximum absolute atomic E-state index is 13.7. The van der Waals surface area contributed by atoms with Gasteiger partial charge in [0.2, 0.25) is 11.1 Å². The van der Waals surface area contributed by atoms with Crippen molar-refractivity contribution in [1.82, 2.24) is 30.4 Å². The van der Waals surface area contributed by atoms with Crippen LogP contribution in [0.2, 0.25) is 0 Å². The Morgan fingerprint density at radius 3 is 2.51 bits per heavy atom. The van der Waals surface area contributed by atoms with Crippen molar-refractivity contribution in [2.45, 2.75) is 40.6 Å². The molecule has 3 aromatic rings. The van der Waals surface area contributed by atoms with Gasteiger partial charge in [-0.25, -0.2) is 9.48 Å². The van der Waals surface area contributed by atoms with Crippen molar-refractivity contribution < 1.29 is 24.2 Å². The molecule has 0 saturated carbocycles. The van der Waals surface area contributed by atoms with Crippen LogP contribution in [-0.4, -0.2) is 76.4 Å². The average Bonchev–Trinajstić information content (AvgIpc) is 3.41. The molecule has 0 radical (unpaired) electrons. The lowest BCUT2D eigenvalue weighted by atomic mass is 10.0. The Morgan fingerprint density at radius 1 is 1.17 bits per heavy atom. The summed E-state index contributed by atoms with van der Waals surface area (Å²) in [4.78, 5) is 40.5. The number of aliphatic carboxylic acids is 1. The summed E-state index contributed by atoms with van der Waals surface area (Å²) in [5.74, 6) is -0.516. The Bertz CT molecular complexity index is 1440. The molecule has 214 valence electrons. The minimum atomic E-state index is -1.18. The number of thioether (sulfide) groups is 3. The van der Waals surface area contributed by atoms with E-state index in [4.69, 9.17) is 4.74 Å². The lowest BCUT2D eigenvalue weighted by molar-refractivity contribution is -0.150. The number of amides is 2. The molecule has 2 aliphatic heterocycles. The number of fused-ring (bicyclic) bond motifs is 1. The van der Waals surface area contributed by atoms with Gasteiger partial charge in [0.1, 0.15) is 33.5 Å². The van der Waals surface area contributed by atoms with E-state index in [1.807, 2.05) is 67.6 Å². The third kappa shape index (κ3) is 6.39. The maximum atomic E-state index is 13.7. The molecule has 2 amide bonds. The summed E-state index contributed by atoms with van der Waals surface area (Å²) < 4.78 is 7.64. The number of carboxylic acids is 1. The number of nitrogens with one attached hydrogen (secondary N) is 1. The molecule has 1 saturated heterocycles. The number of ether oxygens (including phenoxy) is 1. The minimum absolute atomic E-state index is 0.0387. The van der Waals surface area contributed by atoms with Gasteiger partial charge in [0.05, 0.1) is 0 Å². The molecule has 1 aromatic heterocycles. The van der Waals surface area contributed by atoms with Gasteiger partial charge in [-0.3, -0.25) is 14.5 Å². The molecule has 0 aliphatic carbocycles. The van der Waals surface area contributed by atoms with Gasteiger partial charge in [-0.15, -0.1) is 16.9 Å². The highest BCUT2D eigenvalue weighted by Crippen LogP contribution is 2.42. The van der Waals surface area contributed by atoms with Crippen LogP contribution in [0.3, 0.4) is 0 Å². The molecule has 3 heterocycles. The van der Waals surface area contributed by atoms with Crippen molar-refractivity contribution in [1.29, 1.82) is 0 Å². The Kier molecular flexibility index (Phi) is 9.20. The van der Waals surface area contributed by atoms with Crippen molar-refractivity contribution in [3.05, 3.63) is 77.5 Å². The zero-order chi connectivity index (χ0) is 28.9. The van der Waals surface area contributed by atoms with E-state index in [0.29, 0.717) is 34.4 Å². The van der Waals surface area contributed by atoms with Crippen LogP contribution in [0.5, 0.6) is 5.75 Å². The van der Waals surface area contributed by atoms with E-state index in [9.17, 15) is 19.5 Å². The summed E-state index contributed by atoms with van der Waals surface area (Å²) in [6.07, 6.45) is 0.656. The van der Waals surface area contributed by atoms with E-state index < -0.39 is 28.5 Å². The zero-order valence-electron chi connectivity index (χ0n) is 22.2. The summed E-state index contributed by atoms with van der Waals surface area (Å²) in [5.41, 5.74) is 1.04. The Hall–Kier alpha value is -3.49. The van der Waals surface area contributed by atoms with Crippen molar-refractivity contribution in [3.8, 4) is 5.75 Å². The van der Waals surface area contributed by atoms with E-state index in [1.165, 1.54) is 44.9 Å². The smallest absolute Gasteiger partial charge is 0.352 e. The highest BCUT2D eigenvalue weighted by atomic mass is 32.2. The molecule has 11 nitrogen and oxygen atoms in total. The number of carbonyl (C=O) groups is 3. The number of aryl methyl sites for hydroxylation is 1. The quantitative estimate of drug-likeness (QED) is 0.177. The van der Waals surface area contributed by atoms with E-state index in [2.05, 4.69) is 20.8 Å². The summed E-state index contributed by atoms with van der Waals surface area (Å²) >= 11 is 4.11. The van der Waals surface area contributed by atoms with Crippen molar-refractivity contribution in [2.75, 3.05) is 11.5 Å². The molecule has 41 heavy (non-hydrogen) atoms. The predicted molar refractivity (Wildman–Crippen MR) is 157 cm³/mol. The molecular weight excluding hydrogens is 585 g/mol. The highest BCUT2D eigenvalue weighted by Gasteiger charge is 2.54. The predicted octanol–water partition coefficient (Wildman–Crippen LogP) is 3.33. The second-order valence-electron chi connectivity index (χ2n) is 9.22. The van der Waals surface area contributed by atoms with E-state index in [-0.39, 0.29) is 17.0 Å². The first-order valence-electron chi connectivity index (χ1n) is 12.8. The Labute approximate surface area is 249 Å². The first kappa shape index (κ1) is 29.0.